The van der Waals surface area contributed by atoms with Crippen LogP contribution in [0.4, 0.5) is 17.6 Å². The third-order valence-electron chi connectivity index (χ3n) is 3.87. The van der Waals surface area contributed by atoms with E-state index in [0.29, 0.717) is 18.6 Å². The molecule has 6 nitrogen and oxygen atoms in total. The van der Waals surface area contributed by atoms with Crippen molar-refractivity contribution in [1.82, 2.24) is 9.78 Å². The lowest BCUT2D eigenvalue weighted by Crippen LogP contribution is -2.31. The third-order valence-corrected chi connectivity index (χ3v) is 3.87. The van der Waals surface area contributed by atoms with E-state index in [2.05, 4.69) is 5.10 Å². The van der Waals surface area contributed by atoms with Crippen LogP contribution in [0.2, 0.25) is 0 Å². The molecular formula is C18H18F4N2O4. The van der Waals surface area contributed by atoms with E-state index < -0.39 is 46.9 Å². The standard InChI is InChI=1S/C18H18F4N2O4/c1-3-5-13-15(25)14(17(27)28-4-2)16(26)24(23-13)9-10-6-7-11(8-12(10)19)18(20,21)22/h6-8,25H,3-5,9H2,1-2H3. The van der Waals surface area contributed by atoms with Gasteiger partial charge < -0.3 is 9.84 Å². The minimum Gasteiger partial charge on any atom is -0.505 e. The van der Waals surface area contributed by atoms with Crippen molar-refractivity contribution in [1.29, 1.82) is 0 Å². The van der Waals surface area contributed by atoms with Crippen molar-refractivity contribution in [2.75, 3.05) is 6.61 Å². The minimum absolute atomic E-state index is 0.0254. The molecule has 0 atom stereocenters. The van der Waals surface area contributed by atoms with E-state index in [1.54, 1.807) is 6.92 Å². The summed E-state index contributed by atoms with van der Waals surface area (Å²) in [5.41, 5.74) is -3.05. The Morgan fingerprint density at radius 2 is 1.96 bits per heavy atom. The Morgan fingerprint density at radius 3 is 2.50 bits per heavy atom. The molecule has 0 bridgehead atoms. The predicted molar refractivity (Wildman–Crippen MR) is 90.6 cm³/mol. The number of hydrogen-bond donors (Lipinski definition) is 1. The molecule has 1 aromatic heterocycles. The zero-order valence-electron chi connectivity index (χ0n) is 15.1. The predicted octanol–water partition coefficient (Wildman–Crippen LogP) is 3.28. The number of nitrogens with zero attached hydrogens (tertiary/aromatic N) is 2. The number of carbonyl (C=O) groups excluding carboxylic acids is 1. The first-order chi connectivity index (χ1) is 13.1. The highest BCUT2D eigenvalue weighted by molar-refractivity contribution is 5.92. The number of hydrogen-bond acceptors (Lipinski definition) is 5. The smallest absolute Gasteiger partial charge is 0.416 e. The Balaban J connectivity index is 2.54. The van der Waals surface area contributed by atoms with Crippen LogP contribution in [-0.4, -0.2) is 27.5 Å². The highest BCUT2D eigenvalue weighted by Crippen LogP contribution is 2.30. The van der Waals surface area contributed by atoms with Crippen molar-refractivity contribution in [2.24, 2.45) is 0 Å². The van der Waals surface area contributed by atoms with Gasteiger partial charge in [0.15, 0.2) is 11.3 Å². The first kappa shape index (κ1) is 21.4. The number of ether oxygens (including phenoxy) is 1. The quantitative estimate of drug-likeness (QED) is 0.592. The summed E-state index contributed by atoms with van der Waals surface area (Å²) >= 11 is 0. The Hall–Kier alpha value is -2.91. The van der Waals surface area contributed by atoms with E-state index in [9.17, 15) is 32.3 Å². The highest BCUT2D eigenvalue weighted by Gasteiger charge is 2.31. The number of benzene rings is 1. The number of rotatable bonds is 6. The van der Waals surface area contributed by atoms with Gasteiger partial charge in [-0.2, -0.15) is 18.3 Å². The zero-order valence-corrected chi connectivity index (χ0v) is 15.1. The van der Waals surface area contributed by atoms with Crippen LogP contribution in [0.15, 0.2) is 23.0 Å². The van der Waals surface area contributed by atoms with Gasteiger partial charge in [0.05, 0.1) is 18.7 Å². The van der Waals surface area contributed by atoms with E-state index in [0.717, 1.165) is 10.7 Å². The van der Waals surface area contributed by atoms with Gasteiger partial charge >= 0.3 is 12.1 Å². The van der Waals surface area contributed by atoms with Crippen molar-refractivity contribution in [3.8, 4) is 5.75 Å². The normalized spacial score (nSPS) is 11.5. The molecule has 0 fully saturated rings. The van der Waals surface area contributed by atoms with Crippen LogP contribution >= 0.6 is 0 Å². The Bertz CT molecular complexity index is 938. The van der Waals surface area contributed by atoms with E-state index in [-0.39, 0.29) is 24.3 Å². The first-order valence-corrected chi connectivity index (χ1v) is 8.45. The van der Waals surface area contributed by atoms with Crippen LogP contribution in [0, 0.1) is 5.82 Å². The first-order valence-electron chi connectivity index (χ1n) is 8.45. The molecule has 1 aromatic carbocycles. The summed E-state index contributed by atoms with van der Waals surface area (Å²) in [6.45, 7) is 2.72. The lowest BCUT2D eigenvalue weighted by atomic mass is 10.1. The molecular weight excluding hydrogens is 384 g/mol. The van der Waals surface area contributed by atoms with Gasteiger partial charge in [-0.15, -0.1) is 0 Å². The molecule has 1 N–H and O–H groups in total. The van der Waals surface area contributed by atoms with Gasteiger partial charge in [-0.1, -0.05) is 19.4 Å². The van der Waals surface area contributed by atoms with E-state index in [4.69, 9.17) is 4.74 Å². The molecule has 0 aliphatic heterocycles. The SMILES string of the molecule is CCCc1nn(Cc2ccc(C(F)(F)F)cc2F)c(=O)c(C(=O)OCC)c1O. The molecule has 1 heterocycles. The molecule has 0 aliphatic rings. The number of aromatic hydroxyl groups is 1. The maximum Gasteiger partial charge on any atom is 0.416 e. The number of aromatic nitrogens is 2. The Morgan fingerprint density at radius 1 is 1.29 bits per heavy atom. The summed E-state index contributed by atoms with van der Waals surface area (Å²) in [7, 11) is 0. The topological polar surface area (TPSA) is 81.4 Å². The monoisotopic (exact) mass is 402 g/mol. The molecule has 0 unspecified atom stereocenters. The number of aryl methyl sites for hydroxylation is 1. The van der Waals surface area contributed by atoms with Gasteiger partial charge in [0.2, 0.25) is 0 Å². The second kappa shape index (κ2) is 8.41. The molecule has 0 saturated heterocycles. The summed E-state index contributed by atoms with van der Waals surface area (Å²) < 4.78 is 57.6. The van der Waals surface area contributed by atoms with Crippen molar-refractivity contribution in [3.63, 3.8) is 0 Å². The fourth-order valence-corrected chi connectivity index (χ4v) is 2.53. The molecule has 2 rings (SSSR count). The van der Waals surface area contributed by atoms with E-state index in [1.165, 1.54) is 6.92 Å². The van der Waals surface area contributed by atoms with Crippen LogP contribution in [0.1, 0.15) is 47.4 Å². The van der Waals surface area contributed by atoms with Gasteiger partial charge in [0, 0.05) is 5.56 Å². The maximum absolute atomic E-state index is 14.1. The molecule has 0 radical (unpaired) electrons. The van der Waals surface area contributed by atoms with Crippen molar-refractivity contribution < 1.29 is 32.2 Å². The minimum atomic E-state index is -4.71. The van der Waals surface area contributed by atoms with Gasteiger partial charge in [0.1, 0.15) is 11.5 Å². The molecule has 2 aromatic rings. The molecule has 0 amide bonds. The van der Waals surface area contributed by atoms with Gasteiger partial charge in [-0.05, 0) is 25.5 Å². The fraction of sp³-hybridized carbons (Fsp3) is 0.389. The number of halogens is 4. The van der Waals surface area contributed by atoms with E-state index in [1.807, 2.05) is 0 Å². The van der Waals surface area contributed by atoms with E-state index >= 15 is 0 Å². The lowest BCUT2D eigenvalue weighted by Gasteiger charge is -2.13. The Labute approximate surface area is 157 Å². The van der Waals surface area contributed by atoms with Crippen LogP contribution < -0.4 is 5.56 Å². The van der Waals surface area contributed by atoms with Gasteiger partial charge in [-0.3, -0.25) is 4.79 Å². The van der Waals surface area contributed by atoms with Crippen LogP contribution in [0.25, 0.3) is 0 Å². The summed E-state index contributed by atoms with van der Waals surface area (Å²) in [5.74, 6) is -2.85. The third kappa shape index (κ3) is 4.49. The molecule has 28 heavy (non-hydrogen) atoms. The highest BCUT2D eigenvalue weighted by atomic mass is 19.4. The van der Waals surface area contributed by atoms with Crippen molar-refractivity contribution in [3.05, 3.63) is 56.8 Å². The largest absolute Gasteiger partial charge is 0.505 e. The number of esters is 1. The molecule has 10 heteroatoms. The van der Waals surface area contributed by atoms with Crippen molar-refractivity contribution >= 4 is 5.97 Å². The average Bonchev–Trinajstić information content (AvgIpc) is 2.60. The maximum atomic E-state index is 14.1. The Kier molecular flexibility index (Phi) is 6.42. The second-order valence-corrected chi connectivity index (χ2v) is 5.91. The van der Waals surface area contributed by atoms with Gasteiger partial charge in [0.25, 0.3) is 5.56 Å². The molecule has 0 aliphatic carbocycles. The summed E-state index contributed by atoms with van der Waals surface area (Å²) in [4.78, 5) is 24.6. The van der Waals surface area contributed by atoms with Crippen LogP contribution in [-0.2, 0) is 23.9 Å². The fourth-order valence-electron chi connectivity index (χ4n) is 2.53. The van der Waals surface area contributed by atoms with Gasteiger partial charge in [-0.25, -0.2) is 13.9 Å². The van der Waals surface area contributed by atoms with Crippen LogP contribution in [0.5, 0.6) is 5.75 Å². The summed E-state index contributed by atoms with van der Waals surface area (Å²) in [6, 6.07) is 1.89. The second-order valence-electron chi connectivity index (χ2n) is 5.91. The summed E-state index contributed by atoms with van der Waals surface area (Å²) in [5, 5.41) is 14.1. The summed E-state index contributed by atoms with van der Waals surface area (Å²) in [6.07, 6.45) is -3.97. The number of carbonyl (C=O) groups is 1. The van der Waals surface area contributed by atoms with Crippen molar-refractivity contribution in [2.45, 2.75) is 39.4 Å². The van der Waals surface area contributed by atoms with Crippen LogP contribution in [0.3, 0.4) is 0 Å². The molecule has 0 spiro atoms. The lowest BCUT2D eigenvalue weighted by molar-refractivity contribution is -0.137. The molecule has 0 saturated carbocycles. The molecule has 152 valence electrons. The zero-order chi connectivity index (χ0) is 21.1. The number of alkyl halides is 3. The average molecular weight is 402 g/mol.